The number of ether oxygens (including phenoxy) is 1. The maximum absolute atomic E-state index is 13.4. The third-order valence-corrected chi connectivity index (χ3v) is 2.43. The van der Waals surface area contributed by atoms with Gasteiger partial charge in [0.2, 0.25) is 0 Å². The van der Waals surface area contributed by atoms with Gasteiger partial charge in [0.1, 0.15) is 5.82 Å². The minimum Gasteiger partial charge on any atom is -0.490 e. The summed E-state index contributed by atoms with van der Waals surface area (Å²) in [5.74, 6) is -3.71. The molecule has 1 aromatic rings. The third-order valence-electron chi connectivity index (χ3n) is 2.43. The van der Waals surface area contributed by atoms with Crippen LogP contribution in [0.5, 0.6) is 5.75 Å². The van der Waals surface area contributed by atoms with Crippen molar-refractivity contribution in [2.24, 2.45) is 0 Å². The molecule has 0 bridgehead atoms. The van der Waals surface area contributed by atoms with Crippen LogP contribution in [-0.4, -0.2) is 22.8 Å². The van der Waals surface area contributed by atoms with Crippen molar-refractivity contribution in [3.63, 3.8) is 0 Å². The molecule has 0 amide bonds. The van der Waals surface area contributed by atoms with Crippen LogP contribution in [0.2, 0.25) is 0 Å². The normalized spacial score (nSPS) is 15.4. The number of rotatable bonds is 2. The Morgan fingerprint density at radius 3 is 2.75 bits per heavy atom. The maximum Gasteiger partial charge on any atom is 0.337 e. The van der Waals surface area contributed by atoms with Gasteiger partial charge >= 0.3 is 5.97 Å². The number of carboxylic acid groups (broad SMARTS) is 1. The molecule has 1 aliphatic heterocycles. The van der Waals surface area contributed by atoms with Gasteiger partial charge in [-0.25, -0.2) is 13.6 Å². The quantitative estimate of drug-likeness (QED) is 0.795. The molecule has 86 valence electrons. The van der Waals surface area contributed by atoms with E-state index in [2.05, 4.69) is 0 Å². The summed E-state index contributed by atoms with van der Waals surface area (Å²) in [5.41, 5.74) is -0.325. The Labute approximate surface area is 89.1 Å². The molecule has 2 rings (SSSR count). The van der Waals surface area contributed by atoms with Crippen LogP contribution >= 0.6 is 0 Å². The van der Waals surface area contributed by atoms with Gasteiger partial charge in [-0.1, -0.05) is 0 Å². The van der Waals surface area contributed by atoms with Crippen molar-refractivity contribution in [3.05, 3.63) is 28.8 Å². The van der Waals surface area contributed by atoms with Crippen molar-refractivity contribution in [3.8, 4) is 5.75 Å². The second-order valence-electron chi connectivity index (χ2n) is 3.40. The minimum atomic E-state index is -2.00. The Morgan fingerprint density at radius 2 is 2.12 bits per heavy atom. The van der Waals surface area contributed by atoms with Crippen LogP contribution in [0.3, 0.4) is 0 Å². The molecule has 0 fully saturated rings. The van der Waals surface area contributed by atoms with Crippen LogP contribution in [-0.2, 0) is 11.2 Å². The van der Waals surface area contributed by atoms with E-state index in [1.807, 2.05) is 0 Å². The molecule has 1 atom stereocenters. The molecule has 1 aromatic carbocycles. The summed E-state index contributed by atoms with van der Waals surface area (Å²) in [6.07, 6.45) is -1.82. The van der Waals surface area contributed by atoms with Crippen molar-refractivity contribution in [2.75, 3.05) is 6.61 Å². The molecule has 1 heterocycles. The molecule has 0 saturated carbocycles. The fourth-order valence-corrected chi connectivity index (χ4v) is 1.74. The second kappa shape index (κ2) is 3.71. The number of benzene rings is 1. The Balaban J connectivity index is 2.61. The van der Waals surface area contributed by atoms with Crippen molar-refractivity contribution in [2.45, 2.75) is 12.5 Å². The van der Waals surface area contributed by atoms with Crippen molar-refractivity contribution >= 4 is 5.97 Å². The van der Waals surface area contributed by atoms with E-state index in [1.165, 1.54) is 0 Å². The van der Waals surface area contributed by atoms with Crippen molar-refractivity contribution in [1.29, 1.82) is 0 Å². The molecule has 6 heteroatoms. The predicted octanol–water partition coefficient (Wildman–Crippen LogP) is 1.02. The summed E-state index contributed by atoms with van der Waals surface area (Å²) in [4.78, 5) is 10.6. The lowest BCUT2D eigenvalue weighted by Gasteiger charge is -2.12. The minimum absolute atomic E-state index is 0.0902. The first-order chi connectivity index (χ1) is 7.52. The van der Waals surface area contributed by atoms with E-state index in [1.54, 1.807) is 0 Å². The van der Waals surface area contributed by atoms with Gasteiger partial charge in [-0.05, 0) is 0 Å². The highest BCUT2D eigenvalue weighted by Gasteiger charge is 2.30. The molecule has 4 nitrogen and oxygen atoms in total. The number of hydrogen-bond donors (Lipinski definition) is 2. The van der Waals surface area contributed by atoms with Crippen LogP contribution < -0.4 is 4.74 Å². The molecule has 16 heavy (non-hydrogen) atoms. The lowest BCUT2D eigenvalue weighted by atomic mass is 9.99. The summed E-state index contributed by atoms with van der Waals surface area (Å²) in [7, 11) is 0. The van der Waals surface area contributed by atoms with E-state index in [0.29, 0.717) is 6.07 Å². The number of halogens is 2. The molecule has 1 aliphatic rings. The molecular weight excluding hydrogens is 222 g/mol. The lowest BCUT2D eigenvalue weighted by molar-refractivity contribution is -0.147. The third kappa shape index (κ3) is 1.51. The van der Waals surface area contributed by atoms with Gasteiger partial charge in [-0.15, -0.1) is 0 Å². The SMILES string of the molecule is O=C(O)C(O)c1c(F)cc(F)c2c1CCO2. The summed E-state index contributed by atoms with van der Waals surface area (Å²) in [5, 5.41) is 17.9. The first kappa shape index (κ1) is 10.8. The van der Waals surface area contributed by atoms with Gasteiger partial charge in [0.05, 0.1) is 6.61 Å². The predicted molar refractivity (Wildman–Crippen MR) is 48.2 cm³/mol. The van der Waals surface area contributed by atoms with Gasteiger partial charge in [-0.3, -0.25) is 0 Å². The van der Waals surface area contributed by atoms with Gasteiger partial charge < -0.3 is 14.9 Å². The van der Waals surface area contributed by atoms with Crippen LogP contribution in [0.15, 0.2) is 6.07 Å². The molecule has 0 spiro atoms. The molecular formula is C10H8F2O4. The smallest absolute Gasteiger partial charge is 0.337 e. The first-order valence-corrected chi connectivity index (χ1v) is 4.56. The van der Waals surface area contributed by atoms with E-state index < -0.39 is 29.3 Å². The number of aliphatic hydroxyl groups is 1. The number of fused-ring (bicyclic) bond motifs is 1. The van der Waals surface area contributed by atoms with E-state index >= 15 is 0 Å². The fraction of sp³-hybridized carbons (Fsp3) is 0.300. The second-order valence-corrected chi connectivity index (χ2v) is 3.40. The topological polar surface area (TPSA) is 66.8 Å². The summed E-state index contributed by atoms with van der Waals surface area (Å²) in [6, 6.07) is 0.519. The number of aliphatic hydroxyl groups excluding tert-OH is 1. The number of hydrogen-bond acceptors (Lipinski definition) is 3. The molecule has 0 radical (unpaired) electrons. The Kier molecular flexibility index (Phi) is 2.51. The monoisotopic (exact) mass is 230 g/mol. The highest BCUT2D eigenvalue weighted by Crippen LogP contribution is 2.36. The van der Waals surface area contributed by atoms with Crippen LogP contribution in [0, 0.1) is 11.6 Å². The largest absolute Gasteiger partial charge is 0.490 e. The first-order valence-electron chi connectivity index (χ1n) is 4.56. The Bertz CT molecular complexity index is 459. The van der Waals surface area contributed by atoms with Gasteiger partial charge in [0, 0.05) is 23.6 Å². The highest BCUT2D eigenvalue weighted by molar-refractivity contribution is 5.75. The van der Waals surface area contributed by atoms with Gasteiger partial charge in [0.15, 0.2) is 17.7 Å². The average Bonchev–Trinajstić information content (AvgIpc) is 2.66. The number of carboxylic acids is 1. The lowest BCUT2D eigenvalue weighted by Crippen LogP contribution is -2.14. The highest BCUT2D eigenvalue weighted by atomic mass is 19.1. The summed E-state index contributed by atoms with van der Waals surface area (Å²) in [6.45, 7) is 0.148. The van der Waals surface area contributed by atoms with Crippen LogP contribution in [0.4, 0.5) is 8.78 Å². The molecule has 0 aliphatic carbocycles. The van der Waals surface area contributed by atoms with Gasteiger partial charge in [0.25, 0.3) is 0 Å². The maximum atomic E-state index is 13.4. The van der Waals surface area contributed by atoms with Crippen LogP contribution in [0.1, 0.15) is 17.2 Å². The zero-order chi connectivity index (χ0) is 11.9. The molecule has 0 aromatic heterocycles. The number of aliphatic carboxylic acids is 1. The molecule has 1 unspecified atom stereocenters. The van der Waals surface area contributed by atoms with E-state index in [-0.39, 0.29) is 24.3 Å². The van der Waals surface area contributed by atoms with E-state index in [9.17, 15) is 18.7 Å². The molecule has 0 saturated heterocycles. The summed E-state index contributed by atoms with van der Waals surface area (Å²) < 4.78 is 31.5. The van der Waals surface area contributed by atoms with Crippen molar-refractivity contribution < 1.29 is 28.5 Å². The van der Waals surface area contributed by atoms with Crippen LogP contribution in [0.25, 0.3) is 0 Å². The van der Waals surface area contributed by atoms with E-state index in [4.69, 9.17) is 9.84 Å². The summed E-state index contributed by atoms with van der Waals surface area (Å²) >= 11 is 0. The standard InChI is InChI=1S/C10H8F2O4/c11-5-3-6(12)9-4(1-2-16-9)7(5)8(13)10(14)15/h3,8,13H,1-2H2,(H,14,15). The number of carbonyl (C=O) groups is 1. The van der Waals surface area contributed by atoms with Crippen molar-refractivity contribution in [1.82, 2.24) is 0 Å². The Morgan fingerprint density at radius 1 is 1.44 bits per heavy atom. The fourth-order valence-electron chi connectivity index (χ4n) is 1.74. The zero-order valence-electron chi connectivity index (χ0n) is 8.04. The zero-order valence-corrected chi connectivity index (χ0v) is 8.04. The van der Waals surface area contributed by atoms with Gasteiger partial charge in [-0.2, -0.15) is 0 Å². The Hall–Kier alpha value is -1.69. The molecule has 2 N–H and O–H groups in total. The van der Waals surface area contributed by atoms with E-state index in [0.717, 1.165) is 0 Å². The average molecular weight is 230 g/mol.